The summed E-state index contributed by atoms with van der Waals surface area (Å²) >= 11 is 0. The maximum Gasteiger partial charge on any atom is 0.293 e. The Morgan fingerprint density at radius 1 is 1.29 bits per heavy atom. The van der Waals surface area contributed by atoms with Crippen LogP contribution in [-0.2, 0) is 0 Å². The molecule has 1 N–H and O–H groups in total. The zero-order valence-electron chi connectivity index (χ0n) is 13.1. The number of nitrogens with zero attached hydrogens (tertiary/aromatic N) is 3. The van der Waals surface area contributed by atoms with E-state index in [1.807, 2.05) is 13.8 Å². The zero-order chi connectivity index (χ0) is 14.8. The van der Waals surface area contributed by atoms with E-state index in [1.54, 1.807) is 17.0 Å². The van der Waals surface area contributed by atoms with Gasteiger partial charge in [-0.25, -0.2) is 4.98 Å². The molecule has 5 heteroatoms. The molecule has 2 atom stereocenters. The van der Waals surface area contributed by atoms with E-state index in [2.05, 4.69) is 15.2 Å². The summed E-state index contributed by atoms with van der Waals surface area (Å²) in [4.78, 5) is 19.4. The van der Waals surface area contributed by atoms with Crippen molar-refractivity contribution < 1.29 is 0 Å². The number of aromatic nitrogens is 2. The van der Waals surface area contributed by atoms with Crippen LogP contribution in [0.2, 0.25) is 0 Å². The Morgan fingerprint density at radius 3 is 2.86 bits per heavy atom. The summed E-state index contributed by atoms with van der Waals surface area (Å²) in [6.45, 7) is 6.13. The molecular weight excluding hydrogens is 264 g/mol. The molecule has 2 aliphatic heterocycles. The maximum atomic E-state index is 12.7. The molecule has 116 valence electrons. The van der Waals surface area contributed by atoms with Crippen LogP contribution in [0.5, 0.6) is 0 Å². The van der Waals surface area contributed by atoms with Crippen molar-refractivity contribution in [1.82, 2.24) is 14.9 Å². The number of rotatable bonds is 3. The minimum Gasteiger partial charge on any atom is -0.347 e. The van der Waals surface area contributed by atoms with Gasteiger partial charge < -0.3 is 14.8 Å². The SMILES string of the molecule is CC(C)n1ccnc(N2CCCCC2C2CCCN2)c1=O. The third-order valence-electron chi connectivity index (χ3n) is 4.79. The first-order valence-electron chi connectivity index (χ1n) is 8.25. The first kappa shape index (κ1) is 14.6. The Balaban J connectivity index is 1.93. The van der Waals surface area contributed by atoms with Gasteiger partial charge in [-0.3, -0.25) is 4.79 Å². The molecule has 1 aromatic rings. The molecule has 0 bridgehead atoms. The van der Waals surface area contributed by atoms with Crippen molar-refractivity contribution in [2.24, 2.45) is 0 Å². The van der Waals surface area contributed by atoms with Crippen LogP contribution < -0.4 is 15.8 Å². The summed E-state index contributed by atoms with van der Waals surface area (Å²) in [7, 11) is 0. The highest BCUT2D eigenvalue weighted by Gasteiger charge is 2.33. The molecule has 2 saturated heterocycles. The lowest BCUT2D eigenvalue weighted by molar-refractivity contribution is 0.374. The summed E-state index contributed by atoms with van der Waals surface area (Å²) < 4.78 is 1.79. The number of hydrogen-bond acceptors (Lipinski definition) is 4. The monoisotopic (exact) mass is 290 g/mol. The van der Waals surface area contributed by atoms with Crippen LogP contribution in [0.1, 0.15) is 52.0 Å². The molecule has 3 heterocycles. The molecular formula is C16H26N4O. The Hall–Kier alpha value is -1.36. The van der Waals surface area contributed by atoms with Crippen molar-refractivity contribution in [3.63, 3.8) is 0 Å². The molecule has 5 nitrogen and oxygen atoms in total. The second-order valence-electron chi connectivity index (χ2n) is 6.52. The average molecular weight is 290 g/mol. The highest BCUT2D eigenvalue weighted by molar-refractivity contribution is 5.39. The van der Waals surface area contributed by atoms with E-state index >= 15 is 0 Å². The van der Waals surface area contributed by atoms with Crippen LogP contribution >= 0.6 is 0 Å². The van der Waals surface area contributed by atoms with Gasteiger partial charge in [0.25, 0.3) is 5.56 Å². The number of nitrogens with one attached hydrogen (secondary N) is 1. The number of piperidine rings is 1. The standard InChI is InChI=1S/C16H26N4O/c1-12(2)19-11-9-18-15(16(19)21)20-10-4-3-7-14(20)13-6-5-8-17-13/h9,11-14,17H,3-8,10H2,1-2H3. The lowest BCUT2D eigenvalue weighted by atomic mass is 9.94. The predicted molar refractivity (Wildman–Crippen MR) is 84.9 cm³/mol. The van der Waals surface area contributed by atoms with Gasteiger partial charge in [0, 0.05) is 37.1 Å². The van der Waals surface area contributed by atoms with E-state index in [-0.39, 0.29) is 11.6 Å². The number of anilines is 1. The molecule has 2 aliphatic rings. The van der Waals surface area contributed by atoms with E-state index in [0.717, 1.165) is 25.9 Å². The van der Waals surface area contributed by atoms with Gasteiger partial charge in [0.2, 0.25) is 0 Å². The number of hydrogen-bond donors (Lipinski definition) is 1. The highest BCUT2D eigenvalue weighted by atomic mass is 16.1. The third kappa shape index (κ3) is 2.84. The summed E-state index contributed by atoms with van der Waals surface area (Å²) in [5.74, 6) is 0.643. The van der Waals surface area contributed by atoms with Crippen molar-refractivity contribution in [2.45, 2.75) is 64.1 Å². The molecule has 3 rings (SSSR count). The fourth-order valence-corrected chi connectivity index (χ4v) is 3.70. The van der Waals surface area contributed by atoms with E-state index in [9.17, 15) is 4.79 Å². The van der Waals surface area contributed by atoms with Gasteiger partial charge in [0.1, 0.15) is 0 Å². The third-order valence-corrected chi connectivity index (χ3v) is 4.79. The summed E-state index contributed by atoms with van der Waals surface area (Å²) in [5, 5.41) is 3.60. The van der Waals surface area contributed by atoms with Crippen LogP contribution in [0.15, 0.2) is 17.2 Å². The fourth-order valence-electron chi connectivity index (χ4n) is 3.70. The van der Waals surface area contributed by atoms with Crippen molar-refractivity contribution in [1.29, 1.82) is 0 Å². The lowest BCUT2D eigenvalue weighted by Crippen LogP contribution is -2.52. The second-order valence-corrected chi connectivity index (χ2v) is 6.52. The maximum absolute atomic E-state index is 12.7. The molecule has 0 saturated carbocycles. The summed E-state index contributed by atoms with van der Waals surface area (Å²) in [6, 6.07) is 1.11. The average Bonchev–Trinajstić information content (AvgIpc) is 3.01. The van der Waals surface area contributed by atoms with Crippen LogP contribution in [0.4, 0.5) is 5.82 Å². The Kier molecular flexibility index (Phi) is 4.29. The van der Waals surface area contributed by atoms with Gasteiger partial charge in [-0.15, -0.1) is 0 Å². The largest absolute Gasteiger partial charge is 0.347 e. The Labute approximate surface area is 126 Å². The van der Waals surface area contributed by atoms with Gasteiger partial charge in [0.15, 0.2) is 5.82 Å². The van der Waals surface area contributed by atoms with Crippen molar-refractivity contribution >= 4 is 5.82 Å². The van der Waals surface area contributed by atoms with Crippen LogP contribution in [0.3, 0.4) is 0 Å². The normalized spacial score (nSPS) is 26.5. The van der Waals surface area contributed by atoms with Gasteiger partial charge in [-0.1, -0.05) is 0 Å². The summed E-state index contributed by atoms with van der Waals surface area (Å²) in [5.41, 5.74) is 0.0531. The van der Waals surface area contributed by atoms with Gasteiger partial charge >= 0.3 is 0 Å². The Morgan fingerprint density at radius 2 is 2.14 bits per heavy atom. The van der Waals surface area contributed by atoms with Crippen molar-refractivity contribution in [3.05, 3.63) is 22.7 Å². The highest BCUT2D eigenvalue weighted by Crippen LogP contribution is 2.26. The quantitative estimate of drug-likeness (QED) is 0.924. The molecule has 0 spiro atoms. The smallest absolute Gasteiger partial charge is 0.293 e. The second kappa shape index (κ2) is 6.18. The Bertz CT molecular complexity index is 533. The minimum atomic E-state index is 0.0531. The summed E-state index contributed by atoms with van der Waals surface area (Å²) in [6.07, 6.45) is 9.59. The lowest BCUT2D eigenvalue weighted by Gasteiger charge is -2.39. The zero-order valence-corrected chi connectivity index (χ0v) is 13.1. The van der Waals surface area contributed by atoms with Crippen LogP contribution in [-0.4, -0.2) is 34.7 Å². The fraction of sp³-hybridized carbons (Fsp3) is 0.750. The van der Waals surface area contributed by atoms with Gasteiger partial charge in [-0.2, -0.15) is 0 Å². The van der Waals surface area contributed by atoms with E-state index in [1.165, 1.54) is 19.3 Å². The van der Waals surface area contributed by atoms with Crippen LogP contribution in [0, 0.1) is 0 Å². The van der Waals surface area contributed by atoms with Gasteiger partial charge in [0.05, 0.1) is 0 Å². The topological polar surface area (TPSA) is 50.2 Å². The van der Waals surface area contributed by atoms with Crippen molar-refractivity contribution in [3.8, 4) is 0 Å². The molecule has 0 aromatic carbocycles. The van der Waals surface area contributed by atoms with Crippen LogP contribution in [0.25, 0.3) is 0 Å². The molecule has 0 amide bonds. The van der Waals surface area contributed by atoms with Crippen molar-refractivity contribution in [2.75, 3.05) is 18.0 Å². The first-order chi connectivity index (χ1) is 10.2. The molecule has 0 aliphatic carbocycles. The first-order valence-corrected chi connectivity index (χ1v) is 8.25. The van der Waals surface area contributed by atoms with Gasteiger partial charge in [-0.05, 0) is 52.5 Å². The molecule has 21 heavy (non-hydrogen) atoms. The van der Waals surface area contributed by atoms with E-state index < -0.39 is 0 Å². The molecule has 2 unspecified atom stereocenters. The van der Waals surface area contributed by atoms with E-state index in [4.69, 9.17) is 0 Å². The predicted octanol–water partition coefficient (Wildman–Crippen LogP) is 1.94. The molecule has 1 aromatic heterocycles. The minimum absolute atomic E-state index is 0.0531. The molecule has 0 radical (unpaired) electrons. The van der Waals surface area contributed by atoms with E-state index in [0.29, 0.717) is 17.9 Å². The molecule has 2 fully saturated rings.